The lowest BCUT2D eigenvalue weighted by Crippen LogP contribution is -2.31. The highest BCUT2D eigenvalue weighted by Crippen LogP contribution is 2.19. The van der Waals surface area contributed by atoms with Gasteiger partial charge in [0.2, 0.25) is 10.0 Å². The molecule has 0 heterocycles. The largest absolute Gasteiger partial charge is 0.312 e. The number of benzene rings is 1. The molecule has 1 aromatic carbocycles. The Balaban J connectivity index is 2.39. The lowest BCUT2D eigenvalue weighted by Gasteiger charge is -2.07. The van der Waals surface area contributed by atoms with Gasteiger partial charge in [-0.3, -0.25) is 0 Å². The third-order valence-corrected chi connectivity index (χ3v) is 3.91. The zero-order valence-corrected chi connectivity index (χ0v) is 11.5. The van der Waals surface area contributed by atoms with E-state index in [-0.39, 0.29) is 17.9 Å². The van der Waals surface area contributed by atoms with Gasteiger partial charge >= 0.3 is 0 Å². The van der Waals surface area contributed by atoms with E-state index >= 15 is 0 Å². The molecule has 0 aliphatic heterocycles. The van der Waals surface area contributed by atoms with E-state index in [1.165, 1.54) is 12.1 Å². The molecule has 0 unspecified atom stereocenters. The number of nitrogens with one attached hydrogen (secondary N) is 2. The molecule has 1 rings (SSSR count). The van der Waals surface area contributed by atoms with E-state index in [1.807, 2.05) is 0 Å². The van der Waals surface area contributed by atoms with Gasteiger partial charge in [-0.15, -0.1) is 0 Å². The van der Waals surface area contributed by atoms with Crippen LogP contribution in [0.5, 0.6) is 0 Å². The third kappa shape index (κ3) is 6.09. The molecule has 0 aliphatic carbocycles. The Labute approximate surface area is 112 Å². The van der Waals surface area contributed by atoms with Gasteiger partial charge in [-0.05, 0) is 11.6 Å². The summed E-state index contributed by atoms with van der Waals surface area (Å²) in [6.45, 7) is 2.70. The molecule has 7 heteroatoms. The van der Waals surface area contributed by atoms with Crippen molar-refractivity contribution in [2.24, 2.45) is 0 Å². The number of hydrogen-bond donors (Lipinski definition) is 2. The Morgan fingerprint density at radius 2 is 2.05 bits per heavy atom. The van der Waals surface area contributed by atoms with Crippen LogP contribution in [-0.4, -0.2) is 27.3 Å². The van der Waals surface area contributed by atoms with Crippen molar-refractivity contribution < 1.29 is 17.2 Å². The number of rotatable bonds is 8. The number of halogens is 2. The molecule has 108 valence electrons. The maximum absolute atomic E-state index is 12.5. The van der Waals surface area contributed by atoms with Crippen molar-refractivity contribution >= 4 is 10.0 Å². The Morgan fingerprint density at radius 1 is 1.32 bits per heavy atom. The van der Waals surface area contributed by atoms with Crippen LogP contribution in [-0.2, 0) is 16.6 Å². The van der Waals surface area contributed by atoms with Crippen molar-refractivity contribution in [3.63, 3.8) is 0 Å². The van der Waals surface area contributed by atoms with E-state index in [9.17, 15) is 17.2 Å². The Bertz CT molecular complexity index is 492. The Kier molecular flexibility index (Phi) is 6.33. The smallest absolute Gasteiger partial charge is 0.263 e. The molecule has 0 fully saturated rings. The highest BCUT2D eigenvalue weighted by atomic mass is 32.2. The molecule has 0 saturated carbocycles. The van der Waals surface area contributed by atoms with Crippen LogP contribution in [0.1, 0.15) is 24.5 Å². The van der Waals surface area contributed by atoms with Crippen LogP contribution in [0, 0.1) is 0 Å². The fraction of sp³-hybridized carbons (Fsp3) is 0.500. The van der Waals surface area contributed by atoms with Crippen LogP contribution >= 0.6 is 0 Å². The van der Waals surface area contributed by atoms with E-state index in [1.54, 1.807) is 19.1 Å². The molecule has 4 nitrogen and oxygen atoms in total. The lowest BCUT2D eigenvalue weighted by molar-refractivity contribution is 0.151. The summed E-state index contributed by atoms with van der Waals surface area (Å²) in [6, 6.07) is 6.06. The summed E-state index contributed by atoms with van der Waals surface area (Å²) >= 11 is 0. The summed E-state index contributed by atoms with van der Waals surface area (Å²) in [5, 5.41) is 2.92. The monoisotopic (exact) mass is 292 g/mol. The van der Waals surface area contributed by atoms with Gasteiger partial charge in [-0.1, -0.05) is 25.1 Å². The second kappa shape index (κ2) is 7.52. The third-order valence-electron chi connectivity index (χ3n) is 2.44. The van der Waals surface area contributed by atoms with E-state index in [4.69, 9.17) is 0 Å². The molecule has 0 radical (unpaired) electrons. The van der Waals surface area contributed by atoms with Crippen molar-refractivity contribution in [2.75, 3.05) is 18.8 Å². The van der Waals surface area contributed by atoms with Gasteiger partial charge in [-0.2, -0.15) is 0 Å². The van der Waals surface area contributed by atoms with Crippen molar-refractivity contribution in [1.29, 1.82) is 0 Å². The molecule has 2 N–H and O–H groups in total. The van der Waals surface area contributed by atoms with Gasteiger partial charge < -0.3 is 5.32 Å². The minimum Gasteiger partial charge on any atom is -0.312 e. The summed E-state index contributed by atoms with van der Waals surface area (Å²) in [5.74, 6) is -0.0324. The van der Waals surface area contributed by atoms with Gasteiger partial charge in [0.1, 0.15) is 0 Å². The zero-order valence-electron chi connectivity index (χ0n) is 10.7. The highest BCUT2D eigenvalue weighted by Gasteiger charge is 2.08. The van der Waals surface area contributed by atoms with Crippen LogP contribution < -0.4 is 10.0 Å². The van der Waals surface area contributed by atoms with E-state index < -0.39 is 16.4 Å². The van der Waals surface area contributed by atoms with Crippen LogP contribution in [0.3, 0.4) is 0 Å². The number of hydrogen-bond acceptors (Lipinski definition) is 3. The minimum absolute atomic E-state index is 0.0282. The average molecular weight is 292 g/mol. The van der Waals surface area contributed by atoms with Gasteiger partial charge in [-0.25, -0.2) is 21.9 Å². The van der Waals surface area contributed by atoms with Crippen molar-refractivity contribution in [3.05, 3.63) is 35.4 Å². The van der Waals surface area contributed by atoms with Crippen molar-refractivity contribution in [3.8, 4) is 0 Å². The predicted octanol–water partition coefficient (Wildman–Crippen LogP) is 1.65. The number of sulfonamides is 1. The Hall–Kier alpha value is -1.05. The maximum Gasteiger partial charge on any atom is 0.263 e. The summed E-state index contributed by atoms with van der Waals surface area (Å²) in [7, 11) is -3.24. The summed E-state index contributed by atoms with van der Waals surface area (Å²) in [4.78, 5) is 0. The minimum atomic E-state index is -3.24. The average Bonchev–Trinajstić information content (AvgIpc) is 2.35. The topological polar surface area (TPSA) is 58.2 Å². The maximum atomic E-state index is 12.5. The normalized spacial score (nSPS) is 12.0. The quantitative estimate of drug-likeness (QED) is 0.716. The first kappa shape index (κ1) is 16.0. The zero-order chi connectivity index (χ0) is 14.3. The van der Waals surface area contributed by atoms with Crippen LogP contribution in [0.25, 0.3) is 0 Å². The van der Waals surface area contributed by atoms with Crippen LogP contribution in [0.4, 0.5) is 8.78 Å². The first-order chi connectivity index (χ1) is 8.94. The summed E-state index contributed by atoms with van der Waals surface area (Å²) in [5.41, 5.74) is 0.679. The van der Waals surface area contributed by atoms with Crippen molar-refractivity contribution in [1.82, 2.24) is 10.0 Å². The Morgan fingerprint density at radius 3 is 2.68 bits per heavy atom. The lowest BCUT2D eigenvalue weighted by atomic mass is 10.1. The standard InChI is InChI=1S/C12H18F2N2O2S/c1-2-16-19(17,18)7-6-15-9-10-4-3-5-11(8-10)12(13)14/h3-5,8,12,15-16H,2,6-7,9H2,1H3. The molecule has 0 aliphatic rings. The fourth-order valence-corrected chi connectivity index (χ4v) is 2.57. The molecule has 0 aromatic heterocycles. The first-order valence-electron chi connectivity index (χ1n) is 5.99. The van der Waals surface area contributed by atoms with Gasteiger partial charge in [0.15, 0.2) is 0 Å². The van der Waals surface area contributed by atoms with Gasteiger partial charge in [0.05, 0.1) is 5.75 Å². The molecular formula is C12H18F2N2O2S. The van der Waals surface area contributed by atoms with Crippen molar-refractivity contribution in [2.45, 2.75) is 19.9 Å². The second-order valence-electron chi connectivity index (χ2n) is 4.04. The van der Waals surface area contributed by atoms with E-state index in [0.717, 1.165) is 0 Å². The molecule has 0 atom stereocenters. The molecule has 0 saturated heterocycles. The van der Waals surface area contributed by atoms with E-state index in [0.29, 0.717) is 18.7 Å². The molecule has 0 spiro atoms. The molecular weight excluding hydrogens is 274 g/mol. The summed E-state index contributed by atoms with van der Waals surface area (Å²) in [6.07, 6.45) is -2.49. The molecule has 1 aromatic rings. The highest BCUT2D eigenvalue weighted by molar-refractivity contribution is 7.89. The SMILES string of the molecule is CCNS(=O)(=O)CCNCc1cccc(C(F)F)c1. The molecule has 0 amide bonds. The fourth-order valence-electron chi connectivity index (χ4n) is 1.57. The summed E-state index contributed by atoms with van der Waals surface area (Å²) < 4.78 is 50.0. The van der Waals surface area contributed by atoms with Crippen LogP contribution in [0.15, 0.2) is 24.3 Å². The first-order valence-corrected chi connectivity index (χ1v) is 7.65. The molecule has 0 bridgehead atoms. The van der Waals surface area contributed by atoms with E-state index in [2.05, 4.69) is 10.0 Å². The van der Waals surface area contributed by atoms with Crippen LogP contribution in [0.2, 0.25) is 0 Å². The second-order valence-corrected chi connectivity index (χ2v) is 5.97. The van der Waals surface area contributed by atoms with Gasteiger partial charge in [0.25, 0.3) is 6.43 Å². The molecule has 19 heavy (non-hydrogen) atoms. The number of alkyl halides is 2. The van der Waals surface area contributed by atoms with Gasteiger partial charge in [0, 0.05) is 25.2 Å². The predicted molar refractivity (Wildman–Crippen MR) is 70.6 cm³/mol.